The molecule has 0 aliphatic carbocycles. The number of hydrogen-bond acceptors (Lipinski definition) is 4. The molecule has 0 unspecified atom stereocenters. The number of esters is 1. The van der Waals surface area contributed by atoms with Gasteiger partial charge in [-0.05, 0) is 24.3 Å². The Morgan fingerprint density at radius 3 is 2.15 bits per heavy atom. The predicted molar refractivity (Wildman–Crippen MR) is 77.0 cm³/mol. The van der Waals surface area contributed by atoms with Crippen LogP contribution in [0.2, 0.25) is 0 Å². The summed E-state index contributed by atoms with van der Waals surface area (Å²) in [5.41, 5.74) is -2.85. The minimum atomic E-state index is -4.88. The third kappa shape index (κ3) is 2.97. The Morgan fingerprint density at radius 2 is 1.65 bits per heavy atom. The fourth-order valence-electron chi connectivity index (χ4n) is 2.75. The summed E-state index contributed by atoms with van der Waals surface area (Å²) in [4.78, 5) is 13.2. The van der Waals surface area contributed by atoms with E-state index in [-0.39, 0.29) is 24.6 Å². The number of carbonyl (C=O) groups excluding carboxylic acids is 1. The lowest BCUT2D eigenvalue weighted by Gasteiger charge is -2.19. The van der Waals surface area contributed by atoms with Crippen molar-refractivity contribution in [3.05, 3.63) is 41.1 Å². The summed E-state index contributed by atoms with van der Waals surface area (Å²) in [5.74, 6) is -1.39. The molecule has 5 nitrogen and oxygen atoms in total. The fraction of sp³-hybridized carbons (Fsp3) is 0.333. The highest BCUT2D eigenvalue weighted by Crippen LogP contribution is 2.41. The SMILES string of the molecule is COC(=O)c1c(C(F)(F)F)nn2c1N(c1ccc(C(F)(F)F)cc1)CC2. The molecule has 1 aromatic carbocycles. The molecule has 0 N–H and O–H groups in total. The van der Waals surface area contributed by atoms with E-state index in [0.717, 1.165) is 36.1 Å². The number of benzene rings is 1. The summed E-state index contributed by atoms with van der Waals surface area (Å²) < 4.78 is 83.0. The zero-order chi connectivity index (χ0) is 19.3. The van der Waals surface area contributed by atoms with Crippen molar-refractivity contribution < 1.29 is 35.9 Å². The van der Waals surface area contributed by atoms with Gasteiger partial charge in [-0.3, -0.25) is 0 Å². The van der Waals surface area contributed by atoms with E-state index in [1.807, 2.05) is 0 Å². The van der Waals surface area contributed by atoms with Crippen LogP contribution in [0, 0.1) is 0 Å². The van der Waals surface area contributed by atoms with Crippen LogP contribution in [-0.2, 0) is 23.6 Å². The Labute approximate surface area is 142 Å². The molecule has 0 amide bonds. The summed E-state index contributed by atoms with van der Waals surface area (Å²) in [6, 6.07) is 3.88. The van der Waals surface area contributed by atoms with Crippen molar-refractivity contribution in [3.63, 3.8) is 0 Å². The lowest BCUT2D eigenvalue weighted by molar-refractivity contribution is -0.142. The second-order valence-corrected chi connectivity index (χ2v) is 5.46. The fourth-order valence-corrected chi connectivity index (χ4v) is 2.75. The van der Waals surface area contributed by atoms with Gasteiger partial charge in [0.1, 0.15) is 11.4 Å². The highest BCUT2D eigenvalue weighted by Gasteiger charge is 2.44. The zero-order valence-corrected chi connectivity index (χ0v) is 13.1. The number of alkyl halides is 6. The lowest BCUT2D eigenvalue weighted by atomic mass is 10.1. The number of halogens is 6. The molecule has 0 spiro atoms. The molecule has 0 bridgehead atoms. The van der Waals surface area contributed by atoms with Gasteiger partial charge in [0.15, 0.2) is 5.69 Å². The van der Waals surface area contributed by atoms with Crippen molar-refractivity contribution in [3.8, 4) is 0 Å². The summed E-state index contributed by atoms with van der Waals surface area (Å²) in [6.07, 6.45) is -9.42. The Morgan fingerprint density at radius 1 is 1.04 bits per heavy atom. The maximum Gasteiger partial charge on any atom is 0.436 e. The van der Waals surface area contributed by atoms with Crippen LogP contribution in [0.4, 0.5) is 37.8 Å². The molecule has 3 rings (SSSR count). The van der Waals surface area contributed by atoms with E-state index in [2.05, 4.69) is 9.84 Å². The van der Waals surface area contributed by atoms with Crippen LogP contribution < -0.4 is 4.90 Å². The van der Waals surface area contributed by atoms with E-state index in [4.69, 9.17) is 0 Å². The molecular weight excluding hydrogens is 368 g/mol. The molecule has 0 atom stereocenters. The summed E-state index contributed by atoms with van der Waals surface area (Å²) in [7, 11) is 0.934. The van der Waals surface area contributed by atoms with Crippen molar-refractivity contribution in [1.82, 2.24) is 9.78 Å². The number of fused-ring (bicyclic) bond motifs is 1. The van der Waals surface area contributed by atoms with Gasteiger partial charge >= 0.3 is 18.3 Å². The molecule has 2 heterocycles. The number of nitrogens with zero attached hydrogens (tertiary/aromatic N) is 3. The van der Waals surface area contributed by atoms with E-state index in [9.17, 15) is 31.1 Å². The van der Waals surface area contributed by atoms with Crippen molar-refractivity contribution in [2.75, 3.05) is 18.6 Å². The van der Waals surface area contributed by atoms with Crippen molar-refractivity contribution >= 4 is 17.5 Å². The first-order valence-corrected chi connectivity index (χ1v) is 7.25. The smallest absolute Gasteiger partial charge is 0.436 e. The third-order valence-corrected chi connectivity index (χ3v) is 3.88. The lowest BCUT2D eigenvalue weighted by Crippen LogP contribution is -2.20. The van der Waals surface area contributed by atoms with E-state index in [0.29, 0.717) is 0 Å². The molecule has 1 aliphatic heterocycles. The van der Waals surface area contributed by atoms with Gasteiger partial charge in [0.25, 0.3) is 0 Å². The highest BCUT2D eigenvalue weighted by atomic mass is 19.4. The van der Waals surface area contributed by atoms with Crippen LogP contribution >= 0.6 is 0 Å². The Balaban J connectivity index is 2.08. The minimum Gasteiger partial charge on any atom is -0.465 e. The Bertz CT molecular complexity index is 839. The molecule has 0 saturated heterocycles. The normalized spacial score (nSPS) is 14.5. The number of ether oxygens (including phenoxy) is 1. The Hall–Kier alpha value is -2.72. The summed E-state index contributed by atoms with van der Waals surface area (Å²) in [6.45, 7) is 0.187. The van der Waals surface area contributed by atoms with Crippen LogP contribution in [0.3, 0.4) is 0 Å². The number of aromatic nitrogens is 2. The number of methoxy groups -OCH3 is 1. The standard InChI is InChI=1S/C15H11F6N3O2/c1-26-13(25)10-11(15(19,20)21)22-24-7-6-23(12(10)24)9-4-2-8(3-5-9)14(16,17)18/h2-5H,6-7H2,1H3. The molecule has 1 aromatic heterocycles. The minimum absolute atomic E-state index is 0.0381. The van der Waals surface area contributed by atoms with Crippen molar-refractivity contribution in [1.29, 1.82) is 0 Å². The van der Waals surface area contributed by atoms with Gasteiger partial charge in [0, 0.05) is 12.2 Å². The van der Waals surface area contributed by atoms with Crippen molar-refractivity contribution in [2.45, 2.75) is 18.9 Å². The van der Waals surface area contributed by atoms with Gasteiger partial charge in [0.2, 0.25) is 0 Å². The van der Waals surface area contributed by atoms with E-state index in [1.54, 1.807) is 0 Å². The maximum absolute atomic E-state index is 13.2. The first-order chi connectivity index (χ1) is 12.0. The van der Waals surface area contributed by atoms with Gasteiger partial charge in [-0.15, -0.1) is 0 Å². The number of anilines is 2. The Kier molecular flexibility index (Phi) is 4.12. The average Bonchev–Trinajstić information content (AvgIpc) is 3.12. The van der Waals surface area contributed by atoms with Crippen LogP contribution in [0.1, 0.15) is 21.6 Å². The third-order valence-electron chi connectivity index (χ3n) is 3.88. The molecule has 1 aliphatic rings. The summed E-state index contributed by atoms with van der Waals surface area (Å²) in [5, 5.41) is 3.43. The average molecular weight is 379 g/mol. The molecule has 0 saturated carbocycles. The van der Waals surface area contributed by atoms with Crippen LogP contribution in [-0.4, -0.2) is 29.4 Å². The zero-order valence-electron chi connectivity index (χ0n) is 13.1. The van der Waals surface area contributed by atoms with E-state index >= 15 is 0 Å². The topological polar surface area (TPSA) is 47.4 Å². The van der Waals surface area contributed by atoms with Crippen LogP contribution in [0.25, 0.3) is 0 Å². The predicted octanol–water partition coefficient (Wildman–Crippen LogP) is 3.86. The second kappa shape index (κ2) is 5.92. The van der Waals surface area contributed by atoms with Gasteiger partial charge in [-0.1, -0.05) is 0 Å². The first-order valence-electron chi connectivity index (χ1n) is 7.25. The molecule has 0 fully saturated rings. The van der Waals surface area contributed by atoms with Gasteiger partial charge in [-0.25, -0.2) is 9.48 Å². The van der Waals surface area contributed by atoms with Crippen LogP contribution in [0.5, 0.6) is 0 Å². The molecule has 0 radical (unpaired) electrons. The molecule has 2 aromatic rings. The number of carbonyl (C=O) groups is 1. The highest BCUT2D eigenvalue weighted by molar-refractivity contribution is 5.98. The number of rotatable bonds is 2. The van der Waals surface area contributed by atoms with Crippen molar-refractivity contribution in [2.24, 2.45) is 0 Å². The van der Waals surface area contributed by atoms with Gasteiger partial charge < -0.3 is 9.64 Å². The quantitative estimate of drug-likeness (QED) is 0.587. The molecule has 11 heteroatoms. The monoisotopic (exact) mass is 379 g/mol. The molecule has 26 heavy (non-hydrogen) atoms. The second-order valence-electron chi connectivity index (χ2n) is 5.46. The van der Waals surface area contributed by atoms with Crippen LogP contribution in [0.15, 0.2) is 24.3 Å². The summed E-state index contributed by atoms with van der Waals surface area (Å²) >= 11 is 0. The number of hydrogen-bond donors (Lipinski definition) is 0. The molecule has 140 valence electrons. The van der Waals surface area contributed by atoms with E-state index in [1.165, 1.54) is 4.90 Å². The van der Waals surface area contributed by atoms with Gasteiger partial charge in [0.05, 0.1) is 19.2 Å². The maximum atomic E-state index is 13.2. The van der Waals surface area contributed by atoms with E-state index < -0.39 is 35.1 Å². The molecular formula is C15H11F6N3O2. The van der Waals surface area contributed by atoms with Gasteiger partial charge in [-0.2, -0.15) is 31.4 Å². The first kappa shape index (κ1) is 18.1. The largest absolute Gasteiger partial charge is 0.465 e.